The van der Waals surface area contributed by atoms with Crippen LogP contribution in [0.15, 0.2) is 18.2 Å². The molecule has 0 spiro atoms. The Kier molecular flexibility index (Phi) is 6.94. The molecule has 0 radical (unpaired) electrons. The number of benzene rings is 1. The van der Waals surface area contributed by atoms with Crippen molar-refractivity contribution in [3.63, 3.8) is 0 Å². The second-order valence-corrected chi connectivity index (χ2v) is 6.33. The van der Waals surface area contributed by atoms with Crippen LogP contribution in [-0.4, -0.2) is 75.7 Å². The van der Waals surface area contributed by atoms with E-state index in [4.69, 9.17) is 18.9 Å². The number of carbonyl (C=O) groups is 2. The summed E-state index contributed by atoms with van der Waals surface area (Å²) in [4.78, 5) is 28.1. The van der Waals surface area contributed by atoms with Crippen LogP contribution in [0.2, 0.25) is 0 Å². The van der Waals surface area contributed by atoms with Crippen molar-refractivity contribution in [2.24, 2.45) is 0 Å². The van der Waals surface area contributed by atoms with Gasteiger partial charge in [-0.05, 0) is 26.0 Å². The first kappa shape index (κ1) is 20.2. The molecule has 3 amide bonds. The number of nitrogens with zero attached hydrogens (tertiary/aromatic N) is 2. The summed E-state index contributed by atoms with van der Waals surface area (Å²) in [6.45, 7) is 6.94. The van der Waals surface area contributed by atoms with Crippen molar-refractivity contribution < 1.29 is 28.5 Å². The number of nitrogens with one attached hydrogen (secondary N) is 1. The molecule has 0 aliphatic carbocycles. The zero-order valence-corrected chi connectivity index (χ0v) is 16.3. The molecule has 3 rings (SSSR count). The molecule has 1 N–H and O–H groups in total. The highest BCUT2D eigenvalue weighted by molar-refractivity contribution is 5.96. The van der Waals surface area contributed by atoms with Gasteiger partial charge in [0.2, 0.25) is 5.91 Å². The summed E-state index contributed by atoms with van der Waals surface area (Å²) in [5.41, 5.74) is 0.727. The molecule has 1 aromatic rings. The van der Waals surface area contributed by atoms with Crippen molar-refractivity contribution >= 4 is 17.6 Å². The summed E-state index contributed by atoms with van der Waals surface area (Å²) >= 11 is 0. The monoisotopic (exact) mass is 393 g/mol. The SMILES string of the molecule is CCOC(CNC(=O)CN1CCN(c2ccc3c(c2)OCCO3)C1=O)OCC. The van der Waals surface area contributed by atoms with E-state index in [2.05, 4.69) is 5.32 Å². The van der Waals surface area contributed by atoms with E-state index in [-0.39, 0.29) is 25.0 Å². The number of rotatable bonds is 9. The second kappa shape index (κ2) is 9.61. The number of carbonyl (C=O) groups excluding carboxylic acids is 2. The number of amides is 3. The zero-order chi connectivity index (χ0) is 19.9. The van der Waals surface area contributed by atoms with Crippen molar-refractivity contribution in [2.75, 3.05) is 57.5 Å². The van der Waals surface area contributed by atoms with E-state index in [0.717, 1.165) is 5.69 Å². The predicted octanol–water partition coefficient (Wildman–Crippen LogP) is 1.22. The lowest BCUT2D eigenvalue weighted by Crippen LogP contribution is -2.43. The lowest BCUT2D eigenvalue weighted by atomic mass is 10.2. The number of urea groups is 1. The van der Waals surface area contributed by atoms with Gasteiger partial charge in [-0.25, -0.2) is 4.79 Å². The third kappa shape index (κ3) is 4.85. The first-order valence-corrected chi connectivity index (χ1v) is 9.58. The molecule has 9 nitrogen and oxygen atoms in total. The Morgan fingerprint density at radius 2 is 1.86 bits per heavy atom. The van der Waals surface area contributed by atoms with Gasteiger partial charge in [0.1, 0.15) is 19.8 Å². The van der Waals surface area contributed by atoms with Gasteiger partial charge in [-0.2, -0.15) is 0 Å². The fourth-order valence-electron chi connectivity index (χ4n) is 3.13. The summed E-state index contributed by atoms with van der Waals surface area (Å²) in [7, 11) is 0. The fourth-order valence-corrected chi connectivity index (χ4v) is 3.13. The molecule has 2 aliphatic heterocycles. The zero-order valence-electron chi connectivity index (χ0n) is 16.3. The molecule has 1 saturated heterocycles. The second-order valence-electron chi connectivity index (χ2n) is 6.33. The van der Waals surface area contributed by atoms with Crippen molar-refractivity contribution in [1.29, 1.82) is 0 Å². The summed E-state index contributed by atoms with van der Waals surface area (Å²) < 4.78 is 21.9. The van der Waals surface area contributed by atoms with Crippen molar-refractivity contribution in [3.8, 4) is 11.5 Å². The lowest BCUT2D eigenvalue weighted by molar-refractivity contribution is -0.140. The first-order chi connectivity index (χ1) is 13.6. The standard InChI is InChI=1S/C19H27N3O6/c1-3-25-18(26-4-2)12-20-17(23)13-21-7-8-22(19(21)24)14-5-6-15-16(11-14)28-10-9-27-15/h5-6,11,18H,3-4,7-10,12-13H2,1-2H3,(H,20,23). The van der Waals surface area contributed by atoms with Gasteiger partial charge in [-0.3, -0.25) is 9.69 Å². The molecule has 0 saturated carbocycles. The van der Waals surface area contributed by atoms with Gasteiger partial charge in [0.25, 0.3) is 0 Å². The number of anilines is 1. The van der Waals surface area contributed by atoms with E-state index in [1.165, 1.54) is 4.90 Å². The molecule has 0 bridgehead atoms. The van der Waals surface area contributed by atoms with Crippen LogP contribution < -0.4 is 19.7 Å². The van der Waals surface area contributed by atoms with Crippen LogP contribution in [0.5, 0.6) is 11.5 Å². The minimum absolute atomic E-state index is 0.00907. The van der Waals surface area contributed by atoms with E-state index in [9.17, 15) is 9.59 Å². The van der Waals surface area contributed by atoms with E-state index < -0.39 is 6.29 Å². The van der Waals surface area contributed by atoms with Gasteiger partial charge < -0.3 is 29.2 Å². The van der Waals surface area contributed by atoms with Crippen molar-refractivity contribution in [1.82, 2.24) is 10.2 Å². The first-order valence-electron chi connectivity index (χ1n) is 9.58. The molecule has 28 heavy (non-hydrogen) atoms. The molecule has 0 aromatic heterocycles. The maximum atomic E-state index is 12.7. The number of ether oxygens (including phenoxy) is 4. The molecule has 0 unspecified atom stereocenters. The van der Waals surface area contributed by atoms with Gasteiger partial charge in [-0.1, -0.05) is 0 Å². The molecule has 2 heterocycles. The highest BCUT2D eigenvalue weighted by atomic mass is 16.7. The van der Waals surface area contributed by atoms with Gasteiger partial charge in [-0.15, -0.1) is 0 Å². The number of hydrogen-bond donors (Lipinski definition) is 1. The minimum atomic E-state index is -0.484. The highest BCUT2D eigenvalue weighted by Crippen LogP contribution is 2.34. The van der Waals surface area contributed by atoms with Crippen LogP contribution in [0.1, 0.15) is 13.8 Å². The van der Waals surface area contributed by atoms with E-state index in [1.54, 1.807) is 17.0 Å². The third-order valence-electron chi connectivity index (χ3n) is 4.44. The molecular formula is C19H27N3O6. The maximum absolute atomic E-state index is 12.7. The van der Waals surface area contributed by atoms with Crippen LogP contribution in [-0.2, 0) is 14.3 Å². The highest BCUT2D eigenvalue weighted by Gasteiger charge is 2.31. The lowest BCUT2D eigenvalue weighted by Gasteiger charge is -2.22. The van der Waals surface area contributed by atoms with Crippen LogP contribution in [0, 0.1) is 0 Å². The average Bonchev–Trinajstić information content (AvgIpc) is 3.06. The Morgan fingerprint density at radius 3 is 2.57 bits per heavy atom. The van der Waals surface area contributed by atoms with Gasteiger partial charge >= 0.3 is 6.03 Å². The summed E-state index contributed by atoms with van der Waals surface area (Å²) in [6.07, 6.45) is -0.484. The Bertz CT molecular complexity index is 692. The number of hydrogen-bond acceptors (Lipinski definition) is 6. The molecule has 1 fully saturated rings. The summed E-state index contributed by atoms with van der Waals surface area (Å²) in [6, 6.07) is 5.21. The van der Waals surface area contributed by atoms with Crippen LogP contribution in [0.25, 0.3) is 0 Å². The molecule has 2 aliphatic rings. The Balaban J connectivity index is 1.53. The third-order valence-corrected chi connectivity index (χ3v) is 4.44. The van der Waals surface area contributed by atoms with Gasteiger partial charge in [0, 0.05) is 38.1 Å². The van der Waals surface area contributed by atoms with Crippen molar-refractivity contribution in [2.45, 2.75) is 20.1 Å². The summed E-state index contributed by atoms with van der Waals surface area (Å²) in [5, 5.41) is 2.76. The van der Waals surface area contributed by atoms with Crippen LogP contribution >= 0.6 is 0 Å². The molecular weight excluding hydrogens is 366 g/mol. The van der Waals surface area contributed by atoms with Gasteiger partial charge in [0.05, 0.1) is 6.54 Å². The largest absolute Gasteiger partial charge is 0.486 e. The molecule has 154 valence electrons. The van der Waals surface area contributed by atoms with E-state index >= 15 is 0 Å². The van der Waals surface area contributed by atoms with E-state index in [0.29, 0.717) is 51.0 Å². The molecule has 9 heteroatoms. The topological polar surface area (TPSA) is 89.6 Å². The van der Waals surface area contributed by atoms with E-state index in [1.807, 2.05) is 19.9 Å². The maximum Gasteiger partial charge on any atom is 0.325 e. The summed E-state index contributed by atoms with van der Waals surface area (Å²) in [5.74, 6) is 1.06. The fraction of sp³-hybridized carbons (Fsp3) is 0.579. The smallest absolute Gasteiger partial charge is 0.325 e. The average molecular weight is 393 g/mol. The minimum Gasteiger partial charge on any atom is -0.486 e. The Morgan fingerprint density at radius 1 is 1.14 bits per heavy atom. The number of fused-ring (bicyclic) bond motifs is 1. The van der Waals surface area contributed by atoms with Crippen molar-refractivity contribution in [3.05, 3.63) is 18.2 Å². The Hall–Kier alpha value is -2.52. The Labute approximate surface area is 164 Å². The van der Waals surface area contributed by atoms with Crippen LogP contribution in [0.3, 0.4) is 0 Å². The normalized spacial score (nSPS) is 16.0. The molecule has 1 aromatic carbocycles. The predicted molar refractivity (Wildman–Crippen MR) is 102 cm³/mol. The van der Waals surface area contributed by atoms with Gasteiger partial charge in [0.15, 0.2) is 17.8 Å². The molecule has 0 atom stereocenters. The van der Waals surface area contributed by atoms with Crippen LogP contribution in [0.4, 0.5) is 10.5 Å². The quantitative estimate of drug-likeness (QED) is 0.635.